The van der Waals surface area contributed by atoms with Crippen molar-refractivity contribution in [3.63, 3.8) is 0 Å². The molecule has 2 amide bonds. The summed E-state index contributed by atoms with van der Waals surface area (Å²) in [6, 6.07) is 0.222. The predicted octanol–water partition coefficient (Wildman–Crippen LogP) is 1.74. The first-order chi connectivity index (χ1) is 8.27. The molecule has 4 aliphatic rings. The molecule has 0 radical (unpaired) electrons. The Morgan fingerprint density at radius 2 is 1.47 bits per heavy atom. The van der Waals surface area contributed by atoms with Crippen LogP contribution in [-0.4, -0.2) is 22.8 Å². The minimum Gasteiger partial charge on any atom is -0.279 e. The monoisotopic (exact) mass is 231 g/mol. The number of fused-ring (bicyclic) bond motifs is 5. The molecular weight excluding hydrogens is 214 g/mol. The van der Waals surface area contributed by atoms with Gasteiger partial charge in [-0.25, -0.2) is 0 Å². The third-order valence-electron chi connectivity index (χ3n) is 5.19. The minimum atomic E-state index is -0.00176. The van der Waals surface area contributed by atoms with Gasteiger partial charge in [0.25, 0.3) is 0 Å². The van der Waals surface area contributed by atoms with E-state index in [-0.39, 0.29) is 29.7 Å². The number of hydrogen-bond donors (Lipinski definition) is 0. The van der Waals surface area contributed by atoms with Crippen molar-refractivity contribution in [1.82, 2.24) is 4.90 Å². The van der Waals surface area contributed by atoms with Crippen LogP contribution in [0.15, 0.2) is 12.2 Å². The summed E-state index contributed by atoms with van der Waals surface area (Å²) in [5.74, 6) is 0.990. The highest BCUT2D eigenvalue weighted by molar-refractivity contribution is 6.06. The van der Waals surface area contributed by atoms with Gasteiger partial charge >= 0.3 is 0 Å². The molecule has 2 saturated carbocycles. The SMILES string of the molecule is O=C1C2C3C=CC(C3)C2C(=O)N1C1CCCC1. The van der Waals surface area contributed by atoms with Gasteiger partial charge in [0.15, 0.2) is 0 Å². The second-order valence-electron chi connectivity index (χ2n) is 5.98. The molecule has 4 atom stereocenters. The van der Waals surface area contributed by atoms with E-state index < -0.39 is 0 Å². The van der Waals surface area contributed by atoms with E-state index in [1.807, 2.05) is 0 Å². The van der Waals surface area contributed by atoms with Gasteiger partial charge in [-0.1, -0.05) is 25.0 Å². The smallest absolute Gasteiger partial charge is 0.233 e. The highest BCUT2D eigenvalue weighted by atomic mass is 16.2. The third kappa shape index (κ3) is 1.12. The molecule has 0 spiro atoms. The predicted molar refractivity (Wildman–Crippen MR) is 61.8 cm³/mol. The van der Waals surface area contributed by atoms with Crippen LogP contribution in [0.3, 0.4) is 0 Å². The van der Waals surface area contributed by atoms with Crippen molar-refractivity contribution in [2.75, 3.05) is 0 Å². The Kier molecular flexibility index (Phi) is 1.86. The Labute approximate surface area is 101 Å². The summed E-state index contributed by atoms with van der Waals surface area (Å²) < 4.78 is 0. The first kappa shape index (κ1) is 9.86. The van der Waals surface area contributed by atoms with Crippen molar-refractivity contribution in [3.05, 3.63) is 12.2 Å². The van der Waals surface area contributed by atoms with E-state index in [0.717, 1.165) is 19.3 Å². The normalized spacial score (nSPS) is 44.1. The standard InChI is InChI=1S/C14H17NO2/c16-13-11-8-5-6-9(7-8)12(11)14(17)15(13)10-3-1-2-4-10/h5-6,8-12H,1-4,7H2. The maximum Gasteiger partial charge on any atom is 0.233 e. The topological polar surface area (TPSA) is 37.4 Å². The number of allylic oxidation sites excluding steroid dienone is 2. The van der Waals surface area contributed by atoms with Gasteiger partial charge in [-0.3, -0.25) is 14.5 Å². The second kappa shape index (κ2) is 3.21. The summed E-state index contributed by atoms with van der Waals surface area (Å²) >= 11 is 0. The molecule has 1 saturated heterocycles. The third-order valence-corrected chi connectivity index (χ3v) is 5.19. The maximum absolute atomic E-state index is 12.4. The lowest BCUT2D eigenvalue weighted by atomic mass is 9.85. The molecule has 0 aromatic carbocycles. The van der Waals surface area contributed by atoms with Crippen LogP contribution >= 0.6 is 0 Å². The van der Waals surface area contributed by atoms with Crippen molar-refractivity contribution < 1.29 is 9.59 Å². The molecule has 0 aromatic heterocycles. The number of amides is 2. The van der Waals surface area contributed by atoms with Crippen LogP contribution in [0.5, 0.6) is 0 Å². The maximum atomic E-state index is 12.4. The number of nitrogens with zero attached hydrogens (tertiary/aromatic N) is 1. The van der Waals surface area contributed by atoms with E-state index in [0.29, 0.717) is 11.8 Å². The van der Waals surface area contributed by atoms with Crippen molar-refractivity contribution in [1.29, 1.82) is 0 Å². The minimum absolute atomic E-state index is 0.00176. The van der Waals surface area contributed by atoms with Crippen LogP contribution in [-0.2, 0) is 9.59 Å². The van der Waals surface area contributed by atoms with Crippen LogP contribution in [0.2, 0.25) is 0 Å². The molecule has 3 nitrogen and oxygen atoms in total. The van der Waals surface area contributed by atoms with E-state index in [4.69, 9.17) is 0 Å². The highest BCUT2D eigenvalue weighted by Gasteiger charge is 2.60. The fraction of sp³-hybridized carbons (Fsp3) is 0.714. The molecule has 3 aliphatic carbocycles. The Morgan fingerprint density at radius 1 is 0.941 bits per heavy atom. The van der Waals surface area contributed by atoms with Crippen molar-refractivity contribution in [3.8, 4) is 0 Å². The van der Waals surface area contributed by atoms with Crippen molar-refractivity contribution in [2.45, 2.75) is 38.1 Å². The number of carbonyl (C=O) groups is 2. The summed E-state index contributed by atoms with van der Waals surface area (Å²) in [5.41, 5.74) is 0. The zero-order valence-corrected chi connectivity index (χ0v) is 9.84. The zero-order chi connectivity index (χ0) is 11.6. The average Bonchev–Trinajstić information content (AvgIpc) is 3.03. The zero-order valence-electron chi connectivity index (χ0n) is 9.84. The van der Waals surface area contributed by atoms with E-state index in [9.17, 15) is 9.59 Å². The number of imide groups is 1. The molecule has 90 valence electrons. The lowest BCUT2D eigenvalue weighted by Crippen LogP contribution is -2.40. The summed E-state index contributed by atoms with van der Waals surface area (Å²) in [6.45, 7) is 0. The highest BCUT2D eigenvalue weighted by Crippen LogP contribution is 2.53. The Morgan fingerprint density at radius 3 is 2.00 bits per heavy atom. The van der Waals surface area contributed by atoms with Crippen LogP contribution in [0.4, 0.5) is 0 Å². The first-order valence-electron chi connectivity index (χ1n) is 6.82. The van der Waals surface area contributed by atoms with Gasteiger partial charge in [0.05, 0.1) is 11.8 Å². The van der Waals surface area contributed by atoms with Crippen LogP contribution in [0.25, 0.3) is 0 Å². The van der Waals surface area contributed by atoms with Gasteiger partial charge < -0.3 is 0 Å². The number of hydrogen-bond acceptors (Lipinski definition) is 2. The largest absolute Gasteiger partial charge is 0.279 e. The van der Waals surface area contributed by atoms with E-state index in [2.05, 4.69) is 12.2 Å². The number of rotatable bonds is 1. The van der Waals surface area contributed by atoms with Crippen LogP contribution in [0, 0.1) is 23.7 Å². The summed E-state index contributed by atoms with van der Waals surface area (Å²) in [4.78, 5) is 26.5. The molecule has 17 heavy (non-hydrogen) atoms. The molecule has 0 N–H and O–H groups in total. The average molecular weight is 231 g/mol. The van der Waals surface area contributed by atoms with E-state index >= 15 is 0 Å². The van der Waals surface area contributed by atoms with Gasteiger partial charge in [-0.05, 0) is 31.1 Å². The van der Waals surface area contributed by atoms with Crippen molar-refractivity contribution in [2.24, 2.45) is 23.7 Å². The summed E-state index contributed by atoms with van der Waals surface area (Å²) in [7, 11) is 0. The Bertz CT molecular complexity index is 392. The molecule has 2 bridgehead atoms. The van der Waals surface area contributed by atoms with E-state index in [1.165, 1.54) is 12.8 Å². The molecule has 4 unspecified atom stereocenters. The molecule has 1 aliphatic heterocycles. The van der Waals surface area contributed by atoms with E-state index in [1.54, 1.807) is 4.90 Å². The Balaban J connectivity index is 1.68. The molecule has 0 aromatic rings. The first-order valence-corrected chi connectivity index (χ1v) is 6.82. The van der Waals surface area contributed by atoms with Gasteiger partial charge in [-0.15, -0.1) is 0 Å². The fourth-order valence-corrected chi connectivity index (χ4v) is 4.45. The van der Waals surface area contributed by atoms with Gasteiger partial charge in [0.1, 0.15) is 0 Å². The Hall–Kier alpha value is -1.12. The van der Waals surface area contributed by atoms with Gasteiger partial charge in [0, 0.05) is 6.04 Å². The number of carbonyl (C=O) groups excluding carboxylic acids is 2. The lowest BCUT2D eigenvalue weighted by Gasteiger charge is -2.23. The van der Waals surface area contributed by atoms with Crippen LogP contribution in [0.1, 0.15) is 32.1 Å². The quantitative estimate of drug-likeness (QED) is 0.509. The molecule has 4 rings (SSSR count). The molecule has 3 heteroatoms. The van der Waals surface area contributed by atoms with Gasteiger partial charge in [-0.2, -0.15) is 0 Å². The van der Waals surface area contributed by atoms with Gasteiger partial charge in [0.2, 0.25) is 11.8 Å². The lowest BCUT2D eigenvalue weighted by molar-refractivity contribution is -0.143. The molecule has 3 fully saturated rings. The number of likely N-dealkylation sites (tertiary alicyclic amines) is 1. The van der Waals surface area contributed by atoms with Crippen molar-refractivity contribution >= 4 is 11.8 Å². The summed E-state index contributed by atoms with van der Waals surface area (Å²) in [6.07, 6.45) is 9.75. The fourth-order valence-electron chi connectivity index (χ4n) is 4.45. The second-order valence-corrected chi connectivity index (χ2v) is 5.98. The molecular formula is C14H17NO2. The molecule has 1 heterocycles. The van der Waals surface area contributed by atoms with Crippen LogP contribution < -0.4 is 0 Å². The summed E-state index contributed by atoms with van der Waals surface area (Å²) in [5, 5.41) is 0.